The summed E-state index contributed by atoms with van der Waals surface area (Å²) in [4.78, 5) is 16.3. The summed E-state index contributed by atoms with van der Waals surface area (Å²) in [6, 6.07) is 1.82. The van der Waals surface area contributed by atoms with E-state index in [-0.39, 0.29) is 11.5 Å². The van der Waals surface area contributed by atoms with Crippen molar-refractivity contribution in [1.29, 1.82) is 0 Å². The molecule has 0 fully saturated rings. The molecule has 2 heterocycles. The van der Waals surface area contributed by atoms with Crippen molar-refractivity contribution >= 4 is 16.5 Å². The fraction of sp³-hybridized carbons (Fsp3) is 0.462. The van der Waals surface area contributed by atoms with Gasteiger partial charge in [0.1, 0.15) is 0 Å². The van der Waals surface area contributed by atoms with Gasteiger partial charge in [-0.2, -0.15) is 5.10 Å². The fourth-order valence-corrected chi connectivity index (χ4v) is 2.36. The predicted octanol–water partition coefficient (Wildman–Crippen LogP) is 2.84. The van der Waals surface area contributed by atoms with E-state index in [4.69, 9.17) is 0 Å². The molecule has 0 aromatic carbocycles. The van der Waals surface area contributed by atoms with Gasteiger partial charge in [0.25, 0.3) is 5.56 Å². The smallest absolute Gasteiger partial charge is 0.273 e. The van der Waals surface area contributed by atoms with Gasteiger partial charge in [-0.15, -0.1) is 11.3 Å². The number of H-pyrrole nitrogens is 1. The van der Waals surface area contributed by atoms with Crippen molar-refractivity contribution in [2.75, 3.05) is 11.9 Å². The standard InChI is InChI=1S/C13H18N4OS/c1-4-5-14-13-15-11(7-19-13)9-6-10(8(2)3)16-17-12(9)18/h6-8H,4-5H2,1-3H3,(H,14,15)(H,17,18). The monoisotopic (exact) mass is 278 g/mol. The summed E-state index contributed by atoms with van der Waals surface area (Å²) < 4.78 is 0. The molecular formula is C13H18N4OS. The fourth-order valence-electron chi connectivity index (χ4n) is 1.62. The van der Waals surface area contributed by atoms with Crippen LogP contribution in [0.2, 0.25) is 0 Å². The van der Waals surface area contributed by atoms with Crippen LogP contribution in [0.4, 0.5) is 5.13 Å². The number of nitrogens with one attached hydrogen (secondary N) is 2. The minimum Gasteiger partial charge on any atom is -0.362 e. The number of rotatable bonds is 5. The summed E-state index contributed by atoms with van der Waals surface area (Å²) in [7, 11) is 0. The summed E-state index contributed by atoms with van der Waals surface area (Å²) >= 11 is 1.51. The van der Waals surface area contributed by atoms with Gasteiger partial charge in [0, 0.05) is 11.9 Å². The molecule has 0 aliphatic heterocycles. The zero-order valence-corrected chi connectivity index (χ0v) is 12.2. The molecule has 0 bridgehead atoms. The number of anilines is 1. The molecule has 0 saturated carbocycles. The van der Waals surface area contributed by atoms with Gasteiger partial charge in [0.15, 0.2) is 5.13 Å². The van der Waals surface area contributed by atoms with E-state index >= 15 is 0 Å². The Balaban J connectivity index is 2.32. The molecule has 2 N–H and O–H groups in total. The first-order valence-corrected chi connectivity index (χ1v) is 7.29. The molecule has 0 amide bonds. The van der Waals surface area contributed by atoms with E-state index in [1.165, 1.54) is 11.3 Å². The number of hydrogen-bond donors (Lipinski definition) is 2. The third kappa shape index (κ3) is 3.20. The first-order chi connectivity index (χ1) is 9.11. The molecule has 0 unspecified atom stereocenters. The first-order valence-electron chi connectivity index (χ1n) is 6.41. The van der Waals surface area contributed by atoms with Crippen molar-refractivity contribution in [3.05, 3.63) is 27.5 Å². The van der Waals surface area contributed by atoms with E-state index in [0.29, 0.717) is 11.3 Å². The Morgan fingerprint density at radius 1 is 1.47 bits per heavy atom. The van der Waals surface area contributed by atoms with Crippen LogP contribution in [0.15, 0.2) is 16.2 Å². The van der Waals surface area contributed by atoms with Crippen molar-refractivity contribution in [3.63, 3.8) is 0 Å². The van der Waals surface area contributed by atoms with Crippen LogP contribution in [0, 0.1) is 0 Å². The molecule has 6 heteroatoms. The third-order valence-electron chi connectivity index (χ3n) is 2.72. The SMILES string of the molecule is CCCNc1nc(-c2cc(C(C)C)n[nH]c2=O)cs1. The van der Waals surface area contributed by atoms with Gasteiger partial charge in [-0.25, -0.2) is 10.1 Å². The van der Waals surface area contributed by atoms with Crippen molar-refractivity contribution in [2.24, 2.45) is 0 Å². The minimum absolute atomic E-state index is 0.197. The van der Waals surface area contributed by atoms with E-state index in [1.807, 2.05) is 25.3 Å². The quantitative estimate of drug-likeness (QED) is 0.882. The molecule has 102 valence electrons. The van der Waals surface area contributed by atoms with E-state index in [2.05, 4.69) is 27.4 Å². The Kier molecular flexibility index (Phi) is 4.31. The summed E-state index contributed by atoms with van der Waals surface area (Å²) in [5, 5.41) is 12.5. The largest absolute Gasteiger partial charge is 0.362 e. The molecule has 0 aliphatic carbocycles. The normalized spacial score (nSPS) is 10.9. The van der Waals surface area contributed by atoms with Crippen LogP contribution in [0.3, 0.4) is 0 Å². The van der Waals surface area contributed by atoms with Crippen LogP contribution in [0.5, 0.6) is 0 Å². The van der Waals surface area contributed by atoms with Gasteiger partial charge in [-0.05, 0) is 18.4 Å². The van der Waals surface area contributed by atoms with Gasteiger partial charge < -0.3 is 5.32 Å². The van der Waals surface area contributed by atoms with Gasteiger partial charge in [-0.3, -0.25) is 4.79 Å². The lowest BCUT2D eigenvalue weighted by molar-refractivity contribution is 0.778. The third-order valence-corrected chi connectivity index (χ3v) is 3.52. The van der Waals surface area contributed by atoms with Crippen LogP contribution in [0.25, 0.3) is 11.3 Å². The Morgan fingerprint density at radius 3 is 2.95 bits per heavy atom. The Morgan fingerprint density at radius 2 is 2.26 bits per heavy atom. The van der Waals surface area contributed by atoms with Crippen molar-refractivity contribution < 1.29 is 0 Å². The molecule has 0 atom stereocenters. The van der Waals surface area contributed by atoms with Crippen LogP contribution in [-0.2, 0) is 0 Å². The van der Waals surface area contributed by atoms with E-state index < -0.39 is 0 Å². The van der Waals surface area contributed by atoms with Gasteiger partial charge in [-0.1, -0.05) is 20.8 Å². The van der Waals surface area contributed by atoms with Gasteiger partial charge >= 0.3 is 0 Å². The molecule has 2 rings (SSSR count). The highest BCUT2D eigenvalue weighted by atomic mass is 32.1. The summed E-state index contributed by atoms with van der Waals surface area (Å²) in [6.07, 6.45) is 1.04. The lowest BCUT2D eigenvalue weighted by atomic mass is 10.1. The van der Waals surface area contributed by atoms with Crippen LogP contribution in [-0.4, -0.2) is 21.7 Å². The molecule has 0 aliphatic rings. The number of nitrogens with zero attached hydrogens (tertiary/aromatic N) is 2. The summed E-state index contributed by atoms with van der Waals surface area (Å²) in [5.41, 5.74) is 1.95. The highest BCUT2D eigenvalue weighted by Gasteiger charge is 2.11. The minimum atomic E-state index is -0.197. The second kappa shape index (κ2) is 5.97. The Bertz CT molecular complexity index is 603. The zero-order valence-electron chi connectivity index (χ0n) is 11.4. The highest BCUT2D eigenvalue weighted by Crippen LogP contribution is 2.23. The van der Waals surface area contributed by atoms with E-state index in [0.717, 1.165) is 23.8 Å². The number of aromatic amines is 1. The molecule has 19 heavy (non-hydrogen) atoms. The first kappa shape index (κ1) is 13.7. The van der Waals surface area contributed by atoms with Gasteiger partial charge in [0.05, 0.1) is 17.0 Å². The Hall–Kier alpha value is -1.69. The van der Waals surface area contributed by atoms with E-state index in [9.17, 15) is 4.79 Å². The van der Waals surface area contributed by atoms with E-state index in [1.54, 1.807) is 0 Å². The van der Waals surface area contributed by atoms with Crippen molar-refractivity contribution in [1.82, 2.24) is 15.2 Å². The summed E-state index contributed by atoms with van der Waals surface area (Å²) in [5.74, 6) is 0.270. The molecule has 0 spiro atoms. The lowest BCUT2D eigenvalue weighted by Crippen LogP contribution is -2.13. The molecule has 2 aromatic heterocycles. The number of hydrogen-bond acceptors (Lipinski definition) is 5. The number of aromatic nitrogens is 3. The average Bonchev–Trinajstić information content (AvgIpc) is 2.85. The topological polar surface area (TPSA) is 70.7 Å². The second-order valence-corrected chi connectivity index (χ2v) is 5.51. The molecule has 0 radical (unpaired) electrons. The average molecular weight is 278 g/mol. The lowest BCUT2D eigenvalue weighted by Gasteiger charge is -2.04. The molecular weight excluding hydrogens is 260 g/mol. The molecule has 5 nitrogen and oxygen atoms in total. The summed E-state index contributed by atoms with van der Waals surface area (Å²) in [6.45, 7) is 7.07. The maximum absolute atomic E-state index is 11.8. The second-order valence-electron chi connectivity index (χ2n) is 4.65. The van der Waals surface area contributed by atoms with Crippen molar-refractivity contribution in [3.8, 4) is 11.3 Å². The van der Waals surface area contributed by atoms with Crippen LogP contribution >= 0.6 is 11.3 Å². The maximum Gasteiger partial charge on any atom is 0.273 e. The maximum atomic E-state index is 11.8. The molecule has 2 aromatic rings. The predicted molar refractivity (Wildman–Crippen MR) is 78.8 cm³/mol. The Labute approximate surface area is 116 Å². The van der Waals surface area contributed by atoms with Gasteiger partial charge in [0.2, 0.25) is 0 Å². The van der Waals surface area contributed by atoms with Crippen LogP contribution < -0.4 is 10.9 Å². The molecule has 0 saturated heterocycles. The van der Waals surface area contributed by atoms with Crippen molar-refractivity contribution in [2.45, 2.75) is 33.1 Å². The highest BCUT2D eigenvalue weighted by molar-refractivity contribution is 7.14. The zero-order chi connectivity index (χ0) is 13.8. The van der Waals surface area contributed by atoms with Crippen LogP contribution in [0.1, 0.15) is 38.8 Å². The number of thiazole rings is 1.